The molecule has 2 heterocycles. The third-order valence-electron chi connectivity index (χ3n) is 3.19. The van der Waals surface area contributed by atoms with E-state index in [4.69, 9.17) is 0 Å². The third kappa shape index (κ3) is 1.99. The lowest BCUT2D eigenvalue weighted by Crippen LogP contribution is -2.24. The highest BCUT2D eigenvalue weighted by Crippen LogP contribution is 2.19. The van der Waals surface area contributed by atoms with E-state index in [-0.39, 0.29) is 11.8 Å². The second kappa shape index (κ2) is 4.60. The van der Waals surface area contributed by atoms with Crippen LogP contribution in [-0.4, -0.2) is 20.5 Å². The normalized spacial score (nSPS) is 19.0. The molecule has 0 aliphatic heterocycles. The molecule has 0 spiro atoms. The molecule has 5 nitrogen and oxygen atoms in total. The molecule has 0 saturated carbocycles. The maximum Gasteiger partial charge on any atom is 0.235 e. The van der Waals surface area contributed by atoms with Gasteiger partial charge in [-0.05, 0) is 31.4 Å². The summed E-state index contributed by atoms with van der Waals surface area (Å²) in [5.74, 6) is 0.564. The summed E-state index contributed by atoms with van der Waals surface area (Å²) in [6.07, 6.45) is 8.71. The Balaban J connectivity index is 1.79. The Morgan fingerprint density at radius 3 is 3.11 bits per heavy atom. The lowest BCUT2D eigenvalue weighted by molar-refractivity contribution is -0.120. The van der Waals surface area contributed by atoms with Crippen LogP contribution in [0.5, 0.6) is 0 Å². The molecule has 0 aromatic carbocycles. The lowest BCUT2D eigenvalue weighted by Gasteiger charge is -2.16. The Kier molecular flexibility index (Phi) is 2.80. The zero-order valence-electron chi connectivity index (χ0n) is 9.91. The van der Waals surface area contributed by atoms with Gasteiger partial charge in [-0.25, -0.2) is 0 Å². The number of aromatic nitrogens is 3. The van der Waals surface area contributed by atoms with Crippen molar-refractivity contribution in [2.75, 3.05) is 5.32 Å². The van der Waals surface area contributed by atoms with Gasteiger partial charge in [-0.15, -0.1) is 10.2 Å². The molecule has 0 fully saturated rings. The van der Waals surface area contributed by atoms with Crippen molar-refractivity contribution < 1.29 is 4.79 Å². The maximum absolute atomic E-state index is 12.1. The minimum absolute atomic E-state index is 0.0255. The number of amides is 1. The Labute approximate surface area is 105 Å². The van der Waals surface area contributed by atoms with Crippen molar-refractivity contribution in [3.8, 4) is 0 Å². The van der Waals surface area contributed by atoms with Gasteiger partial charge in [0.15, 0.2) is 5.65 Å². The minimum atomic E-state index is 0.0255. The number of anilines is 1. The van der Waals surface area contributed by atoms with Crippen molar-refractivity contribution in [1.29, 1.82) is 0 Å². The van der Waals surface area contributed by atoms with Crippen LogP contribution >= 0.6 is 0 Å². The standard InChI is InChI=1S/C13H14N4O/c18-12(10-6-2-1-3-7-10)14-13-16-15-11-8-4-5-9-17(11)13/h1-2,4-5,8-10H,3,6-7H2,(H,14,16,18)/t10-/m0/s1. The molecule has 0 bridgehead atoms. The van der Waals surface area contributed by atoms with Crippen LogP contribution in [0.4, 0.5) is 5.95 Å². The molecule has 1 aliphatic rings. The number of nitrogens with one attached hydrogen (secondary N) is 1. The minimum Gasteiger partial charge on any atom is -0.294 e. The molecule has 0 saturated heterocycles. The van der Waals surface area contributed by atoms with E-state index in [1.807, 2.05) is 24.4 Å². The molecule has 1 atom stereocenters. The van der Waals surface area contributed by atoms with Crippen LogP contribution in [0.2, 0.25) is 0 Å². The molecule has 3 rings (SSSR count). The summed E-state index contributed by atoms with van der Waals surface area (Å²) in [6, 6.07) is 5.63. The fourth-order valence-corrected chi connectivity index (χ4v) is 2.17. The molecule has 2 aromatic rings. The van der Waals surface area contributed by atoms with E-state index >= 15 is 0 Å². The zero-order chi connectivity index (χ0) is 12.4. The topological polar surface area (TPSA) is 59.3 Å². The van der Waals surface area contributed by atoms with E-state index in [0.29, 0.717) is 5.95 Å². The predicted octanol–water partition coefficient (Wildman–Crippen LogP) is 2.02. The average molecular weight is 242 g/mol. The van der Waals surface area contributed by atoms with Crippen molar-refractivity contribution in [3.63, 3.8) is 0 Å². The first-order chi connectivity index (χ1) is 8.84. The number of hydrogen-bond donors (Lipinski definition) is 1. The molecule has 0 unspecified atom stereocenters. The summed E-state index contributed by atoms with van der Waals surface area (Å²) in [7, 11) is 0. The molecular formula is C13H14N4O. The second-order valence-electron chi connectivity index (χ2n) is 4.42. The van der Waals surface area contributed by atoms with Gasteiger partial charge in [0.2, 0.25) is 11.9 Å². The van der Waals surface area contributed by atoms with Crippen molar-refractivity contribution >= 4 is 17.5 Å². The molecule has 2 aromatic heterocycles. The van der Waals surface area contributed by atoms with Crippen LogP contribution in [0.25, 0.3) is 5.65 Å². The number of fused-ring (bicyclic) bond motifs is 1. The number of carbonyl (C=O) groups is 1. The number of carbonyl (C=O) groups excluding carboxylic acids is 1. The van der Waals surface area contributed by atoms with Gasteiger partial charge in [-0.3, -0.25) is 14.5 Å². The summed E-state index contributed by atoms with van der Waals surface area (Å²) in [4.78, 5) is 12.1. The SMILES string of the molecule is O=C(Nc1nnc2ccccn12)[C@H]1CC=CCC1. The number of pyridine rings is 1. The van der Waals surface area contributed by atoms with Gasteiger partial charge in [0.25, 0.3) is 0 Å². The van der Waals surface area contributed by atoms with Gasteiger partial charge in [0.05, 0.1) is 0 Å². The van der Waals surface area contributed by atoms with Crippen LogP contribution in [0.15, 0.2) is 36.5 Å². The van der Waals surface area contributed by atoms with Crippen LogP contribution in [0, 0.1) is 5.92 Å². The molecular weight excluding hydrogens is 228 g/mol. The highest BCUT2D eigenvalue weighted by molar-refractivity contribution is 5.91. The van der Waals surface area contributed by atoms with E-state index in [2.05, 4.69) is 27.7 Å². The van der Waals surface area contributed by atoms with Gasteiger partial charge >= 0.3 is 0 Å². The highest BCUT2D eigenvalue weighted by Gasteiger charge is 2.20. The molecule has 0 radical (unpaired) electrons. The van der Waals surface area contributed by atoms with Gasteiger partial charge in [-0.1, -0.05) is 18.2 Å². The predicted molar refractivity (Wildman–Crippen MR) is 68.1 cm³/mol. The summed E-state index contributed by atoms with van der Waals surface area (Å²) in [6.45, 7) is 0. The average Bonchev–Trinajstić information content (AvgIpc) is 2.83. The molecule has 18 heavy (non-hydrogen) atoms. The first-order valence-corrected chi connectivity index (χ1v) is 6.10. The van der Waals surface area contributed by atoms with Gasteiger partial charge in [0.1, 0.15) is 0 Å². The van der Waals surface area contributed by atoms with Crippen molar-refractivity contribution in [1.82, 2.24) is 14.6 Å². The summed E-state index contributed by atoms with van der Waals surface area (Å²) in [5, 5.41) is 10.8. The van der Waals surface area contributed by atoms with Crippen LogP contribution in [0.1, 0.15) is 19.3 Å². The first-order valence-electron chi connectivity index (χ1n) is 6.10. The molecule has 1 N–H and O–H groups in total. The zero-order valence-corrected chi connectivity index (χ0v) is 9.91. The summed E-state index contributed by atoms with van der Waals surface area (Å²) in [5.41, 5.74) is 0.733. The third-order valence-corrected chi connectivity index (χ3v) is 3.19. The van der Waals surface area contributed by atoms with Crippen molar-refractivity contribution in [2.24, 2.45) is 5.92 Å². The van der Waals surface area contributed by atoms with E-state index in [9.17, 15) is 4.79 Å². The number of nitrogens with zero attached hydrogens (tertiary/aromatic N) is 3. The van der Waals surface area contributed by atoms with Gasteiger partial charge in [-0.2, -0.15) is 0 Å². The smallest absolute Gasteiger partial charge is 0.235 e. The fraction of sp³-hybridized carbons (Fsp3) is 0.308. The summed E-state index contributed by atoms with van der Waals surface area (Å²) >= 11 is 0. The van der Waals surface area contributed by atoms with E-state index in [0.717, 1.165) is 24.9 Å². The van der Waals surface area contributed by atoms with Gasteiger partial charge < -0.3 is 0 Å². The maximum atomic E-state index is 12.1. The van der Waals surface area contributed by atoms with Crippen LogP contribution in [-0.2, 0) is 4.79 Å². The first kappa shape index (κ1) is 11.0. The Morgan fingerprint density at radius 2 is 2.28 bits per heavy atom. The largest absolute Gasteiger partial charge is 0.294 e. The molecule has 1 amide bonds. The Morgan fingerprint density at radius 1 is 1.33 bits per heavy atom. The molecule has 1 aliphatic carbocycles. The van der Waals surface area contributed by atoms with Crippen LogP contribution in [0.3, 0.4) is 0 Å². The van der Waals surface area contributed by atoms with Gasteiger partial charge in [0, 0.05) is 12.1 Å². The second-order valence-corrected chi connectivity index (χ2v) is 4.42. The highest BCUT2D eigenvalue weighted by atomic mass is 16.2. The van der Waals surface area contributed by atoms with E-state index in [1.54, 1.807) is 4.40 Å². The Hall–Kier alpha value is -2.17. The van der Waals surface area contributed by atoms with Crippen molar-refractivity contribution in [3.05, 3.63) is 36.5 Å². The van der Waals surface area contributed by atoms with E-state index < -0.39 is 0 Å². The van der Waals surface area contributed by atoms with E-state index in [1.165, 1.54) is 0 Å². The number of allylic oxidation sites excluding steroid dienone is 2. The summed E-state index contributed by atoms with van der Waals surface area (Å²) < 4.78 is 1.77. The number of hydrogen-bond acceptors (Lipinski definition) is 3. The Bertz CT molecular complexity index is 602. The number of rotatable bonds is 2. The quantitative estimate of drug-likeness (QED) is 0.820. The van der Waals surface area contributed by atoms with Crippen LogP contribution < -0.4 is 5.32 Å². The monoisotopic (exact) mass is 242 g/mol. The fourth-order valence-electron chi connectivity index (χ4n) is 2.17. The lowest BCUT2D eigenvalue weighted by atomic mass is 9.94. The molecule has 5 heteroatoms. The molecule has 92 valence electrons. The van der Waals surface area contributed by atoms with Crippen molar-refractivity contribution in [2.45, 2.75) is 19.3 Å².